The zero-order chi connectivity index (χ0) is 12.9. The summed E-state index contributed by atoms with van der Waals surface area (Å²) in [5.74, 6) is -0.403. The molecule has 1 aromatic rings. The molecule has 1 aromatic carbocycles. The van der Waals surface area contributed by atoms with E-state index >= 15 is 0 Å². The summed E-state index contributed by atoms with van der Waals surface area (Å²) in [5.41, 5.74) is 1.28. The fraction of sp³-hybridized carbons (Fsp3) is 0.250. The Morgan fingerprint density at radius 2 is 1.88 bits per heavy atom. The van der Waals surface area contributed by atoms with E-state index < -0.39 is 22.5 Å². The van der Waals surface area contributed by atoms with E-state index in [9.17, 15) is 13.2 Å². The van der Waals surface area contributed by atoms with E-state index in [1.54, 1.807) is 0 Å². The van der Waals surface area contributed by atoms with E-state index in [4.69, 9.17) is 0 Å². The third kappa shape index (κ3) is 5.42. The van der Waals surface area contributed by atoms with E-state index in [0.29, 0.717) is 12.0 Å². The fourth-order valence-electron chi connectivity index (χ4n) is 1.20. The molecule has 17 heavy (non-hydrogen) atoms. The molecule has 0 saturated carbocycles. The van der Waals surface area contributed by atoms with Gasteiger partial charge >= 0.3 is 0 Å². The van der Waals surface area contributed by atoms with E-state index in [0.717, 1.165) is 11.8 Å². The molecule has 0 aliphatic carbocycles. The molecule has 0 saturated heterocycles. The van der Waals surface area contributed by atoms with Gasteiger partial charge in [0.2, 0.25) is 0 Å². The molecule has 0 spiro atoms. The van der Waals surface area contributed by atoms with Gasteiger partial charge in [-0.05, 0) is 11.1 Å². The smallest absolute Gasteiger partial charge is 0.264 e. The average molecular weight is 254 g/mol. The summed E-state index contributed by atoms with van der Waals surface area (Å²) in [4.78, 5) is 11.5. The van der Waals surface area contributed by atoms with Crippen molar-refractivity contribution in [3.63, 3.8) is 0 Å². The minimum atomic E-state index is -3.59. The number of hydrogen-bond acceptors (Lipinski definition) is 4. The van der Waals surface area contributed by atoms with E-state index in [1.807, 2.05) is 30.3 Å². The van der Waals surface area contributed by atoms with Crippen molar-refractivity contribution in [2.45, 2.75) is 6.42 Å². The lowest BCUT2D eigenvalue weighted by Gasteiger charge is -2.04. The van der Waals surface area contributed by atoms with Crippen LogP contribution in [0.3, 0.4) is 0 Å². The molecule has 0 bridgehead atoms. The van der Waals surface area contributed by atoms with Gasteiger partial charge in [-0.15, -0.1) is 0 Å². The first-order chi connectivity index (χ1) is 7.88. The SMILES string of the molecule is C=C(Cc1ccccc1)C(=O)COS(C)(=O)=O. The van der Waals surface area contributed by atoms with Crippen molar-refractivity contribution in [3.05, 3.63) is 48.0 Å². The highest BCUT2D eigenvalue weighted by Crippen LogP contribution is 2.07. The van der Waals surface area contributed by atoms with Gasteiger partial charge in [-0.2, -0.15) is 8.42 Å². The molecule has 0 aliphatic heterocycles. The molecule has 0 aliphatic rings. The van der Waals surface area contributed by atoms with Gasteiger partial charge in [0, 0.05) is 6.42 Å². The first-order valence-electron chi connectivity index (χ1n) is 4.98. The number of hydrogen-bond donors (Lipinski definition) is 0. The monoisotopic (exact) mass is 254 g/mol. The molecular weight excluding hydrogens is 240 g/mol. The maximum absolute atomic E-state index is 11.5. The van der Waals surface area contributed by atoms with E-state index in [-0.39, 0.29) is 0 Å². The second-order valence-corrected chi connectivity index (χ2v) is 5.30. The van der Waals surface area contributed by atoms with Crippen molar-refractivity contribution >= 4 is 15.9 Å². The van der Waals surface area contributed by atoms with Crippen LogP contribution in [-0.2, 0) is 25.5 Å². The quantitative estimate of drug-likeness (QED) is 0.567. The predicted molar refractivity (Wildman–Crippen MR) is 65.1 cm³/mol. The highest BCUT2D eigenvalue weighted by molar-refractivity contribution is 7.86. The molecule has 4 nitrogen and oxygen atoms in total. The normalized spacial score (nSPS) is 11.1. The highest BCUT2D eigenvalue weighted by Gasteiger charge is 2.11. The number of Topliss-reactive ketones (excluding diaryl/α,β-unsaturated/α-hetero) is 1. The van der Waals surface area contributed by atoms with Gasteiger partial charge in [-0.1, -0.05) is 36.9 Å². The highest BCUT2D eigenvalue weighted by atomic mass is 32.2. The molecule has 0 radical (unpaired) electrons. The van der Waals surface area contributed by atoms with Crippen molar-refractivity contribution in [2.75, 3.05) is 12.9 Å². The number of carbonyl (C=O) groups excluding carboxylic acids is 1. The molecule has 5 heteroatoms. The van der Waals surface area contributed by atoms with Gasteiger partial charge in [0.15, 0.2) is 5.78 Å². The molecule has 0 heterocycles. The van der Waals surface area contributed by atoms with Crippen LogP contribution < -0.4 is 0 Å². The van der Waals surface area contributed by atoms with Crippen LogP contribution in [0.5, 0.6) is 0 Å². The van der Waals surface area contributed by atoms with Crippen LogP contribution in [0.25, 0.3) is 0 Å². The molecule has 0 unspecified atom stereocenters. The summed E-state index contributed by atoms with van der Waals surface area (Å²) >= 11 is 0. The van der Waals surface area contributed by atoms with E-state index in [2.05, 4.69) is 10.8 Å². The Bertz CT molecular complexity index is 503. The van der Waals surface area contributed by atoms with Crippen LogP contribution in [0, 0.1) is 0 Å². The van der Waals surface area contributed by atoms with Crippen LogP contribution >= 0.6 is 0 Å². The zero-order valence-electron chi connectivity index (χ0n) is 9.55. The van der Waals surface area contributed by atoms with Crippen LogP contribution in [0.4, 0.5) is 0 Å². The van der Waals surface area contributed by atoms with Crippen LogP contribution in [0.1, 0.15) is 5.56 Å². The minimum Gasteiger partial charge on any atom is -0.292 e. The van der Waals surface area contributed by atoms with Crippen molar-refractivity contribution in [2.24, 2.45) is 0 Å². The Morgan fingerprint density at radius 3 is 2.41 bits per heavy atom. The zero-order valence-corrected chi connectivity index (χ0v) is 10.4. The Balaban J connectivity index is 2.51. The third-order valence-electron chi connectivity index (χ3n) is 2.06. The average Bonchev–Trinajstić information content (AvgIpc) is 2.26. The Hall–Kier alpha value is -1.46. The topological polar surface area (TPSA) is 60.4 Å². The van der Waals surface area contributed by atoms with Gasteiger partial charge < -0.3 is 0 Å². The second kappa shape index (κ2) is 5.75. The summed E-state index contributed by atoms with van der Waals surface area (Å²) in [6.07, 6.45) is 1.30. The van der Waals surface area contributed by atoms with Gasteiger partial charge in [0.25, 0.3) is 10.1 Å². The summed E-state index contributed by atoms with van der Waals surface area (Å²) < 4.78 is 25.8. The summed E-state index contributed by atoms with van der Waals surface area (Å²) in [7, 11) is -3.59. The van der Waals surface area contributed by atoms with Crippen molar-refractivity contribution in [3.8, 4) is 0 Å². The molecule has 0 atom stereocenters. The maximum atomic E-state index is 11.5. The summed E-state index contributed by atoms with van der Waals surface area (Å²) in [6.45, 7) is 3.14. The molecular formula is C12H14O4S. The van der Waals surface area contributed by atoms with Crippen LogP contribution in [0.15, 0.2) is 42.5 Å². The Labute approximate surface area is 101 Å². The predicted octanol–water partition coefficient (Wildman–Crippen LogP) is 1.33. The van der Waals surface area contributed by atoms with Gasteiger partial charge in [0.05, 0.1) is 6.26 Å². The molecule has 1 rings (SSSR count). The van der Waals surface area contributed by atoms with E-state index in [1.165, 1.54) is 0 Å². The number of carbonyl (C=O) groups is 1. The molecule has 0 aromatic heterocycles. The van der Waals surface area contributed by atoms with Gasteiger partial charge in [0.1, 0.15) is 6.61 Å². The molecule has 0 fully saturated rings. The van der Waals surface area contributed by atoms with Crippen molar-refractivity contribution in [1.82, 2.24) is 0 Å². The lowest BCUT2D eigenvalue weighted by molar-refractivity contribution is -0.117. The lowest BCUT2D eigenvalue weighted by atomic mass is 10.0. The molecule has 92 valence electrons. The maximum Gasteiger partial charge on any atom is 0.264 e. The Kier molecular flexibility index (Phi) is 4.60. The lowest BCUT2D eigenvalue weighted by Crippen LogP contribution is -2.15. The standard InChI is InChI=1S/C12H14O4S/c1-10(8-11-6-4-3-5-7-11)12(13)9-16-17(2,14)15/h3-7H,1,8-9H2,2H3. The second-order valence-electron chi connectivity index (χ2n) is 3.66. The Morgan fingerprint density at radius 1 is 1.29 bits per heavy atom. The van der Waals surface area contributed by atoms with Crippen LogP contribution in [0.2, 0.25) is 0 Å². The number of rotatable bonds is 6. The number of benzene rings is 1. The third-order valence-corrected chi connectivity index (χ3v) is 2.60. The summed E-state index contributed by atoms with van der Waals surface area (Å²) in [6, 6.07) is 9.34. The first-order valence-corrected chi connectivity index (χ1v) is 6.79. The van der Waals surface area contributed by atoms with Gasteiger partial charge in [-0.3, -0.25) is 8.98 Å². The first kappa shape index (κ1) is 13.6. The molecule has 0 amide bonds. The number of ketones is 1. The van der Waals surface area contributed by atoms with Crippen molar-refractivity contribution in [1.29, 1.82) is 0 Å². The fourth-order valence-corrected chi connectivity index (χ4v) is 1.52. The van der Waals surface area contributed by atoms with Gasteiger partial charge in [-0.25, -0.2) is 0 Å². The van der Waals surface area contributed by atoms with Crippen LogP contribution in [-0.4, -0.2) is 27.1 Å². The molecule has 0 N–H and O–H groups in total. The van der Waals surface area contributed by atoms with Crippen molar-refractivity contribution < 1.29 is 17.4 Å². The minimum absolute atomic E-state index is 0.333. The summed E-state index contributed by atoms with van der Waals surface area (Å²) in [5, 5.41) is 0. The largest absolute Gasteiger partial charge is 0.292 e.